The van der Waals surface area contributed by atoms with Crippen molar-refractivity contribution in [3.05, 3.63) is 0 Å². The standard InChI is InChI=1S/C15H30N2/c1-13-6-3-4-7-14(13)12-16-15-8-5-10-17(2)11-9-15/h13-16H,3-12H2,1-2H3. The van der Waals surface area contributed by atoms with Crippen molar-refractivity contribution in [2.75, 3.05) is 26.7 Å². The van der Waals surface area contributed by atoms with Gasteiger partial charge in [0.1, 0.15) is 0 Å². The van der Waals surface area contributed by atoms with Crippen LogP contribution in [0.2, 0.25) is 0 Å². The SMILES string of the molecule is CC1CCCCC1CNC1CCCN(C)CC1. The normalized spacial score (nSPS) is 36.7. The molecule has 3 unspecified atom stereocenters. The minimum absolute atomic E-state index is 0.786. The minimum atomic E-state index is 0.786. The van der Waals surface area contributed by atoms with Gasteiger partial charge in [0.2, 0.25) is 0 Å². The molecule has 3 atom stereocenters. The Labute approximate surface area is 107 Å². The van der Waals surface area contributed by atoms with Crippen LogP contribution >= 0.6 is 0 Å². The zero-order valence-corrected chi connectivity index (χ0v) is 11.8. The highest BCUT2D eigenvalue weighted by Gasteiger charge is 2.22. The summed E-state index contributed by atoms with van der Waals surface area (Å²) in [5, 5.41) is 3.86. The maximum Gasteiger partial charge on any atom is 0.00798 e. The van der Waals surface area contributed by atoms with E-state index in [4.69, 9.17) is 0 Å². The molecule has 1 saturated carbocycles. The number of likely N-dealkylation sites (tertiary alicyclic amines) is 1. The van der Waals surface area contributed by atoms with Crippen LogP contribution in [0, 0.1) is 11.8 Å². The predicted octanol–water partition coefficient (Wildman–Crippen LogP) is 2.89. The van der Waals surface area contributed by atoms with Gasteiger partial charge in [0.05, 0.1) is 0 Å². The predicted molar refractivity (Wildman–Crippen MR) is 74.3 cm³/mol. The molecule has 2 fully saturated rings. The summed E-state index contributed by atoms with van der Waals surface area (Å²) in [5.41, 5.74) is 0. The Hall–Kier alpha value is -0.0800. The molecule has 0 aromatic heterocycles. The maximum atomic E-state index is 3.86. The van der Waals surface area contributed by atoms with Crippen molar-refractivity contribution >= 4 is 0 Å². The third-order valence-corrected chi connectivity index (χ3v) is 4.91. The average Bonchev–Trinajstić information content (AvgIpc) is 2.53. The highest BCUT2D eigenvalue weighted by atomic mass is 15.1. The van der Waals surface area contributed by atoms with Crippen LogP contribution in [-0.2, 0) is 0 Å². The number of hydrogen-bond acceptors (Lipinski definition) is 2. The molecule has 1 saturated heterocycles. The van der Waals surface area contributed by atoms with Crippen LogP contribution in [-0.4, -0.2) is 37.6 Å². The van der Waals surface area contributed by atoms with Crippen molar-refractivity contribution in [3.63, 3.8) is 0 Å². The molecule has 1 aliphatic carbocycles. The lowest BCUT2D eigenvalue weighted by atomic mass is 9.80. The Bertz CT molecular complexity index is 217. The molecule has 2 heteroatoms. The van der Waals surface area contributed by atoms with E-state index < -0.39 is 0 Å². The van der Waals surface area contributed by atoms with Gasteiger partial charge in [-0.25, -0.2) is 0 Å². The Morgan fingerprint density at radius 1 is 1.00 bits per heavy atom. The van der Waals surface area contributed by atoms with Gasteiger partial charge in [-0.3, -0.25) is 0 Å². The van der Waals surface area contributed by atoms with Crippen LogP contribution in [0.1, 0.15) is 51.9 Å². The summed E-state index contributed by atoms with van der Waals surface area (Å²) in [4.78, 5) is 2.48. The molecule has 0 amide bonds. The van der Waals surface area contributed by atoms with Gasteiger partial charge in [0.15, 0.2) is 0 Å². The second-order valence-electron chi connectivity index (χ2n) is 6.36. The van der Waals surface area contributed by atoms with Crippen molar-refractivity contribution in [2.24, 2.45) is 11.8 Å². The Morgan fingerprint density at radius 2 is 1.82 bits per heavy atom. The topological polar surface area (TPSA) is 15.3 Å². The van der Waals surface area contributed by atoms with E-state index in [2.05, 4.69) is 24.2 Å². The van der Waals surface area contributed by atoms with Gasteiger partial charge in [0.25, 0.3) is 0 Å². The van der Waals surface area contributed by atoms with Crippen LogP contribution in [0.25, 0.3) is 0 Å². The second-order valence-corrected chi connectivity index (χ2v) is 6.36. The third kappa shape index (κ3) is 4.26. The van der Waals surface area contributed by atoms with Crippen molar-refractivity contribution in [2.45, 2.75) is 57.9 Å². The molecule has 0 bridgehead atoms. The molecule has 17 heavy (non-hydrogen) atoms. The highest BCUT2D eigenvalue weighted by Crippen LogP contribution is 2.29. The summed E-state index contributed by atoms with van der Waals surface area (Å²) in [6.07, 6.45) is 9.94. The average molecular weight is 238 g/mol. The summed E-state index contributed by atoms with van der Waals surface area (Å²) < 4.78 is 0. The number of hydrogen-bond donors (Lipinski definition) is 1. The van der Waals surface area contributed by atoms with Gasteiger partial charge < -0.3 is 10.2 Å². The summed E-state index contributed by atoms with van der Waals surface area (Å²) in [6.45, 7) is 6.29. The van der Waals surface area contributed by atoms with Crippen LogP contribution in [0.3, 0.4) is 0 Å². The van der Waals surface area contributed by atoms with Crippen LogP contribution in [0.15, 0.2) is 0 Å². The quantitative estimate of drug-likeness (QED) is 0.813. The van der Waals surface area contributed by atoms with E-state index in [9.17, 15) is 0 Å². The molecular weight excluding hydrogens is 208 g/mol. The Balaban J connectivity index is 1.69. The minimum Gasteiger partial charge on any atom is -0.314 e. The fourth-order valence-corrected chi connectivity index (χ4v) is 3.46. The van der Waals surface area contributed by atoms with E-state index in [1.807, 2.05) is 0 Å². The second kappa shape index (κ2) is 6.75. The molecule has 0 aromatic rings. The molecule has 2 rings (SSSR count). The molecular formula is C15H30N2. The fraction of sp³-hybridized carbons (Fsp3) is 1.00. The van der Waals surface area contributed by atoms with Gasteiger partial charge in [-0.1, -0.05) is 26.2 Å². The van der Waals surface area contributed by atoms with Crippen LogP contribution in [0.4, 0.5) is 0 Å². The van der Waals surface area contributed by atoms with Gasteiger partial charge in [-0.2, -0.15) is 0 Å². The van der Waals surface area contributed by atoms with E-state index >= 15 is 0 Å². The molecule has 1 N–H and O–H groups in total. The molecule has 1 aliphatic heterocycles. The van der Waals surface area contributed by atoms with Crippen molar-refractivity contribution in [3.8, 4) is 0 Å². The first kappa shape index (κ1) is 13.4. The van der Waals surface area contributed by atoms with E-state index in [0.29, 0.717) is 0 Å². The lowest BCUT2D eigenvalue weighted by Crippen LogP contribution is -2.36. The smallest absolute Gasteiger partial charge is 0.00798 e. The van der Waals surface area contributed by atoms with Gasteiger partial charge in [-0.05, 0) is 64.2 Å². The zero-order chi connectivity index (χ0) is 12.1. The molecule has 0 spiro atoms. The van der Waals surface area contributed by atoms with Crippen molar-refractivity contribution < 1.29 is 0 Å². The zero-order valence-electron chi connectivity index (χ0n) is 11.8. The number of nitrogens with one attached hydrogen (secondary N) is 1. The maximum absolute atomic E-state index is 3.86. The van der Waals surface area contributed by atoms with Crippen molar-refractivity contribution in [1.29, 1.82) is 0 Å². The highest BCUT2D eigenvalue weighted by molar-refractivity contribution is 4.78. The van der Waals surface area contributed by atoms with Gasteiger partial charge in [0, 0.05) is 6.04 Å². The number of rotatable bonds is 3. The first-order chi connectivity index (χ1) is 8.25. The molecule has 1 heterocycles. The monoisotopic (exact) mass is 238 g/mol. The third-order valence-electron chi connectivity index (χ3n) is 4.91. The van der Waals surface area contributed by atoms with E-state index in [1.165, 1.54) is 64.6 Å². The Kier molecular flexibility index (Phi) is 5.30. The lowest BCUT2D eigenvalue weighted by Gasteiger charge is -2.30. The first-order valence-corrected chi connectivity index (χ1v) is 7.67. The van der Waals surface area contributed by atoms with Gasteiger partial charge in [-0.15, -0.1) is 0 Å². The van der Waals surface area contributed by atoms with E-state index in [-0.39, 0.29) is 0 Å². The van der Waals surface area contributed by atoms with Crippen LogP contribution < -0.4 is 5.32 Å². The fourth-order valence-electron chi connectivity index (χ4n) is 3.46. The molecule has 0 aromatic carbocycles. The molecule has 0 radical (unpaired) electrons. The molecule has 100 valence electrons. The Morgan fingerprint density at radius 3 is 2.65 bits per heavy atom. The van der Waals surface area contributed by atoms with E-state index in [0.717, 1.165) is 17.9 Å². The first-order valence-electron chi connectivity index (χ1n) is 7.67. The summed E-state index contributed by atoms with van der Waals surface area (Å²) in [5.74, 6) is 1.90. The van der Waals surface area contributed by atoms with Crippen molar-refractivity contribution in [1.82, 2.24) is 10.2 Å². The molecule has 2 aliphatic rings. The number of nitrogens with zero attached hydrogens (tertiary/aromatic N) is 1. The lowest BCUT2D eigenvalue weighted by molar-refractivity contribution is 0.237. The van der Waals surface area contributed by atoms with E-state index in [1.54, 1.807) is 0 Å². The summed E-state index contributed by atoms with van der Waals surface area (Å²) in [6, 6.07) is 0.786. The summed E-state index contributed by atoms with van der Waals surface area (Å²) in [7, 11) is 2.26. The largest absolute Gasteiger partial charge is 0.314 e. The van der Waals surface area contributed by atoms with Gasteiger partial charge >= 0.3 is 0 Å². The molecule has 2 nitrogen and oxygen atoms in total. The van der Waals surface area contributed by atoms with Crippen LogP contribution in [0.5, 0.6) is 0 Å². The summed E-state index contributed by atoms with van der Waals surface area (Å²) >= 11 is 0.